The van der Waals surface area contributed by atoms with Gasteiger partial charge in [0, 0.05) is 35.4 Å². The lowest BCUT2D eigenvalue weighted by Gasteiger charge is -2.37. The molecule has 0 fully saturated rings. The van der Waals surface area contributed by atoms with Gasteiger partial charge < -0.3 is 0 Å². The normalized spacial score (nSPS) is 10.5. The number of hydrogen-bond donors (Lipinski definition) is 0. The van der Waals surface area contributed by atoms with Crippen molar-refractivity contribution in [3.8, 4) is 33.2 Å². The van der Waals surface area contributed by atoms with Gasteiger partial charge in [0.05, 0.1) is 0 Å². The molecule has 0 spiro atoms. The van der Waals surface area contributed by atoms with Gasteiger partial charge in [-0.25, -0.2) is 0 Å². The summed E-state index contributed by atoms with van der Waals surface area (Å²) in [5, 5.41) is 0. The first-order chi connectivity index (χ1) is 9.39. The minimum Gasteiger partial charge on any atom is -0.116 e. The molecule has 0 saturated carbocycles. The van der Waals surface area contributed by atoms with Crippen LogP contribution in [0, 0.1) is 33.2 Å². The van der Waals surface area contributed by atoms with Crippen molar-refractivity contribution in [2.75, 3.05) is 0 Å². The Kier molecular flexibility index (Phi) is 10.2. The molecule has 0 amide bonds. The molecule has 0 bridgehead atoms. The van der Waals surface area contributed by atoms with E-state index in [1.54, 1.807) is 0 Å². The molecule has 0 nitrogen and oxygen atoms in total. The van der Waals surface area contributed by atoms with Gasteiger partial charge in [-0.05, 0) is 38.8 Å². The van der Waals surface area contributed by atoms with Crippen LogP contribution in [0.3, 0.4) is 0 Å². The molecule has 0 aliphatic rings. The zero-order valence-corrected chi connectivity index (χ0v) is 16.9. The summed E-state index contributed by atoms with van der Waals surface area (Å²) in [6, 6.07) is 0. The van der Waals surface area contributed by atoms with Crippen LogP contribution in [-0.4, -0.2) is 8.07 Å². The first kappa shape index (κ1) is 19.6. The Labute approximate surface area is 141 Å². The molecule has 110 valence electrons. The molecule has 20 heavy (non-hydrogen) atoms. The van der Waals surface area contributed by atoms with Crippen LogP contribution in [0.5, 0.6) is 0 Å². The highest BCUT2D eigenvalue weighted by atomic mass is 127. The molecule has 0 heterocycles. The van der Waals surface area contributed by atoms with Crippen molar-refractivity contribution in [2.45, 2.75) is 77.4 Å². The second-order valence-electron chi connectivity index (χ2n) is 6.07. The molecule has 0 unspecified atom stereocenters. The van der Waals surface area contributed by atoms with Gasteiger partial charge in [-0.1, -0.05) is 53.4 Å². The Morgan fingerprint density at radius 2 is 1.30 bits per heavy atom. The molecule has 0 radical (unpaired) electrons. The van der Waals surface area contributed by atoms with E-state index in [1.807, 2.05) is 0 Å². The van der Waals surface area contributed by atoms with Crippen LogP contribution in [0.25, 0.3) is 0 Å². The molecular weight excluding hydrogens is 371 g/mol. The fourth-order valence-electron chi connectivity index (χ4n) is 2.99. The van der Waals surface area contributed by atoms with E-state index < -0.39 is 8.07 Å². The third kappa shape index (κ3) is 5.95. The lowest BCUT2D eigenvalue weighted by Crippen LogP contribution is -2.43. The maximum absolute atomic E-state index is 3.62. The van der Waals surface area contributed by atoms with Gasteiger partial charge >= 0.3 is 0 Å². The van der Waals surface area contributed by atoms with Crippen LogP contribution in [0.2, 0.25) is 16.6 Å². The number of hydrogen-bond acceptors (Lipinski definition) is 0. The van der Waals surface area contributed by atoms with Crippen molar-refractivity contribution in [3.05, 3.63) is 0 Å². The molecule has 0 saturated heterocycles. The predicted octanol–water partition coefficient (Wildman–Crippen LogP) is 5.78. The Hall–Kier alpha value is -0.373. The van der Waals surface area contributed by atoms with E-state index in [9.17, 15) is 0 Å². The van der Waals surface area contributed by atoms with Gasteiger partial charge in [0.1, 0.15) is 8.07 Å². The van der Waals surface area contributed by atoms with E-state index in [0.717, 1.165) is 19.3 Å². The molecule has 0 N–H and O–H groups in total. The quantitative estimate of drug-likeness (QED) is 0.238. The first-order valence-corrected chi connectivity index (χ1v) is 10.8. The van der Waals surface area contributed by atoms with E-state index in [2.05, 4.69) is 97.3 Å². The monoisotopic (exact) mass is 398 g/mol. The van der Waals surface area contributed by atoms with Crippen LogP contribution >= 0.6 is 22.6 Å². The maximum Gasteiger partial charge on any atom is 0.147 e. The summed E-state index contributed by atoms with van der Waals surface area (Å²) in [7, 11) is -1.60. The van der Waals surface area contributed by atoms with Gasteiger partial charge in [-0.3, -0.25) is 0 Å². The molecule has 0 aliphatic heterocycles. The van der Waals surface area contributed by atoms with E-state index in [4.69, 9.17) is 0 Å². The zero-order chi connectivity index (χ0) is 15.6. The summed E-state index contributed by atoms with van der Waals surface area (Å²) in [4.78, 5) is 0. The van der Waals surface area contributed by atoms with E-state index in [-0.39, 0.29) is 0 Å². The fraction of sp³-hybridized carbons (Fsp3) is 0.667. The van der Waals surface area contributed by atoms with Crippen molar-refractivity contribution in [3.63, 3.8) is 0 Å². The smallest absolute Gasteiger partial charge is 0.116 e. The molecule has 0 aromatic carbocycles. The summed E-state index contributed by atoms with van der Waals surface area (Å²) in [5.41, 5.74) is 5.65. The molecule has 0 rings (SSSR count). The fourth-order valence-corrected chi connectivity index (χ4v) is 8.41. The average molecular weight is 398 g/mol. The molecular formula is C18H27ISi. The predicted molar refractivity (Wildman–Crippen MR) is 102 cm³/mol. The Morgan fingerprint density at radius 1 is 0.800 bits per heavy atom. The van der Waals surface area contributed by atoms with Crippen molar-refractivity contribution in [2.24, 2.45) is 0 Å². The lowest BCUT2D eigenvalue weighted by molar-refractivity contribution is 0.838. The van der Waals surface area contributed by atoms with Crippen LogP contribution in [-0.2, 0) is 0 Å². The highest BCUT2D eigenvalue weighted by Crippen LogP contribution is 2.40. The minimum atomic E-state index is -1.60. The van der Waals surface area contributed by atoms with Gasteiger partial charge in [-0.15, -0.1) is 5.54 Å². The van der Waals surface area contributed by atoms with Crippen molar-refractivity contribution >= 4 is 30.7 Å². The van der Waals surface area contributed by atoms with Crippen LogP contribution < -0.4 is 0 Å². The van der Waals surface area contributed by atoms with Crippen LogP contribution in [0.15, 0.2) is 0 Å². The van der Waals surface area contributed by atoms with E-state index in [1.165, 1.54) is 0 Å². The summed E-state index contributed by atoms with van der Waals surface area (Å²) < 4.78 is 2.88. The maximum atomic E-state index is 3.62. The van der Waals surface area contributed by atoms with E-state index >= 15 is 0 Å². The highest BCUT2D eigenvalue weighted by Gasteiger charge is 2.41. The number of unbranched alkanes of at least 4 members (excludes halogenated alkanes) is 2. The molecule has 2 heteroatoms. The lowest BCUT2D eigenvalue weighted by atomic mass is 10.2. The third-order valence-corrected chi connectivity index (χ3v) is 10.6. The summed E-state index contributed by atoms with van der Waals surface area (Å²) in [5.74, 6) is 12.4. The summed E-state index contributed by atoms with van der Waals surface area (Å²) in [6.45, 7) is 14.0. The average Bonchev–Trinajstić information content (AvgIpc) is 2.35. The minimum absolute atomic E-state index is 0.677. The first-order valence-electron chi connectivity index (χ1n) is 7.48. The van der Waals surface area contributed by atoms with Gasteiger partial charge in [0.25, 0.3) is 0 Å². The molecule has 0 aliphatic carbocycles. The van der Waals surface area contributed by atoms with Crippen molar-refractivity contribution in [1.82, 2.24) is 0 Å². The topological polar surface area (TPSA) is 0 Å². The number of rotatable bonds is 5. The van der Waals surface area contributed by atoms with Crippen molar-refractivity contribution in [1.29, 1.82) is 0 Å². The Bertz CT molecular complexity index is 433. The second-order valence-corrected chi connectivity index (χ2v) is 12.2. The molecule has 0 atom stereocenters. The Balaban J connectivity index is 4.81. The van der Waals surface area contributed by atoms with Crippen molar-refractivity contribution < 1.29 is 0 Å². The van der Waals surface area contributed by atoms with Gasteiger partial charge in [0.15, 0.2) is 0 Å². The summed E-state index contributed by atoms with van der Waals surface area (Å²) in [6.07, 6.45) is 2.89. The molecule has 0 aromatic heterocycles. The number of halogens is 1. The standard InChI is InChI=1S/C18H27ISi/c1-16(2)20(17(3)4,18(5)6)15-13-11-9-7-8-10-12-14-19/h16-18H,7-8,10H2,1-6H3. The molecule has 0 aromatic rings. The highest BCUT2D eigenvalue weighted by molar-refractivity contribution is 14.1. The third-order valence-electron chi connectivity index (χ3n) is 3.97. The largest absolute Gasteiger partial charge is 0.147 e. The second kappa shape index (κ2) is 10.4. The van der Waals surface area contributed by atoms with Crippen LogP contribution in [0.4, 0.5) is 0 Å². The van der Waals surface area contributed by atoms with Crippen LogP contribution in [0.1, 0.15) is 60.8 Å². The SMILES string of the molecule is CC(C)[Si](C#CC#CCCCC#CI)(C(C)C)C(C)C. The van der Waals surface area contributed by atoms with E-state index in [0.29, 0.717) is 16.6 Å². The summed E-state index contributed by atoms with van der Waals surface area (Å²) >= 11 is 2.07. The van der Waals surface area contributed by atoms with Gasteiger partial charge in [-0.2, -0.15) is 0 Å². The Morgan fingerprint density at radius 3 is 1.75 bits per heavy atom. The van der Waals surface area contributed by atoms with Gasteiger partial charge in [0.2, 0.25) is 0 Å². The zero-order valence-electron chi connectivity index (χ0n) is 13.7.